The first kappa shape index (κ1) is 18.4. The Balaban J connectivity index is 0.00000180. The third-order valence-electron chi connectivity index (χ3n) is 2.51. The van der Waals surface area contributed by atoms with E-state index in [1.165, 1.54) is 0 Å². The molecule has 2 rings (SSSR count). The molecule has 2 heterocycles. The van der Waals surface area contributed by atoms with Gasteiger partial charge in [0.1, 0.15) is 12.1 Å². The Labute approximate surface area is 129 Å². The van der Waals surface area contributed by atoms with Crippen LogP contribution in [0.3, 0.4) is 0 Å². The third-order valence-corrected chi connectivity index (χ3v) is 2.51. The fourth-order valence-corrected chi connectivity index (χ4v) is 1.46. The zero-order valence-corrected chi connectivity index (χ0v) is 12.5. The number of nitrogens with one attached hydrogen (secondary N) is 1. The van der Waals surface area contributed by atoms with Crippen LogP contribution in [0.4, 0.5) is 0 Å². The zero-order valence-electron chi connectivity index (χ0n) is 10.9. The highest BCUT2D eigenvalue weighted by molar-refractivity contribution is 5.94. The zero-order chi connectivity index (χ0) is 13.0. The van der Waals surface area contributed by atoms with Gasteiger partial charge in [-0.1, -0.05) is 0 Å². The van der Waals surface area contributed by atoms with Crippen molar-refractivity contribution < 1.29 is 4.79 Å². The number of halogens is 2. The molecule has 8 heteroatoms. The molecule has 110 valence electrons. The molecule has 0 saturated heterocycles. The van der Waals surface area contributed by atoms with Crippen molar-refractivity contribution in [3.63, 3.8) is 0 Å². The van der Waals surface area contributed by atoms with E-state index < -0.39 is 0 Å². The normalized spacial score (nSPS) is 10.9. The number of imidazole rings is 1. The predicted molar refractivity (Wildman–Crippen MR) is 81.8 cm³/mol. The summed E-state index contributed by atoms with van der Waals surface area (Å²) in [5, 5.41) is 2.80. The molecule has 0 radical (unpaired) electrons. The number of pyridine rings is 1. The first-order valence-corrected chi connectivity index (χ1v) is 5.66. The van der Waals surface area contributed by atoms with Crippen LogP contribution in [-0.2, 0) is 0 Å². The van der Waals surface area contributed by atoms with Gasteiger partial charge in [-0.2, -0.15) is 0 Å². The van der Waals surface area contributed by atoms with Gasteiger partial charge in [-0.25, -0.2) is 9.97 Å². The van der Waals surface area contributed by atoms with Crippen LogP contribution in [-0.4, -0.2) is 33.0 Å². The molecule has 1 atom stereocenters. The molecule has 3 N–H and O–H groups in total. The van der Waals surface area contributed by atoms with Gasteiger partial charge in [-0.15, -0.1) is 24.8 Å². The van der Waals surface area contributed by atoms with Crippen molar-refractivity contribution in [2.45, 2.75) is 13.0 Å². The minimum atomic E-state index is -0.156. The summed E-state index contributed by atoms with van der Waals surface area (Å²) in [6.45, 7) is 2.26. The van der Waals surface area contributed by atoms with Gasteiger partial charge in [-0.05, 0) is 19.1 Å². The van der Waals surface area contributed by atoms with Gasteiger partial charge in [0.2, 0.25) is 0 Å². The van der Waals surface area contributed by atoms with E-state index in [2.05, 4.69) is 15.3 Å². The summed E-state index contributed by atoms with van der Waals surface area (Å²) in [4.78, 5) is 20.0. The first-order valence-electron chi connectivity index (χ1n) is 5.66. The fourth-order valence-electron chi connectivity index (χ4n) is 1.46. The lowest BCUT2D eigenvalue weighted by atomic mass is 10.2. The highest BCUT2D eigenvalue weighted by Crippen LogP contribution is 2.07. The lowest BCUT2D eigenvalue weighted by molar-refractivity contribution is 0.0941. The third kappa shape index (κ3) is 4.48. The molecule has 0 bridgehead atoms. The molecule has 0 aromatic carbocycles. The Morgan fingerprint density at radius 2 is 2.20 bits per heavy atom. The largest absolute Gasteiger partial charge is 0.348 e. The number of hydrogen-bond acceptors (Lipinski definition) is 4. The number of amides is 1. The van der Waals surface area contributed by atoms with Gasteiger partial charge in [-0.3, -0.25) is 9.36 Å². The van der Waals surface area contributed by atoms with Crippen LogP contribution in [0.15, 0.2) is 37.1 Å². The average Bonchev–Trinajstić information content (AvgIpc) is 2.92. The van der Waals surface area contributed by atoms with E-state index in [-0.39, 0.29) is 36.8 Å². The second-order valence-corrected chi connectivity index (χ2v) is 3.98. The highest BCUT2D eigenvalue weighted by atomic mass is 35.5. The van der Waals surface area contributed by atoms with Crippen LogP contribution >= 0.6 is 24.8 Å². The number of rotatable bonds is 4. The maximum atomic E-state index is 11.9. The summed E-state index contributed by atoms with van der Waals surface area (Å²) >= 11 is 0. The number of carbonyl (C=O) groups excluding carboxylic acids is 1. The van der Waals surface area contributed by atoms with E-state index in [1.807, 2.05) is 6.92 Å². The van der Waals surface area contributed by atoms with E-state index in [9.17, 15) is 4.79 Å². The van der Waals surface area contributed by atoms with Crippen LogP contribution in [0.25, 0.3) is 5.82 Å². The van der Waals surface area contributed by atoms with Gasteiger partial charge in [0, 0.05) is 36.7 Å². The molecular formula is C12H17Cl2N5O. The van der Waals surface area contributed by atoms with Crippen molar-refractivity contribution in [2.75, 3.05) is 6.54 Å². The second kappa shape index (κ2) is 8.52. The Bertz CT molecular complexity index is 532. The van der Waals surface area contributed by atoms with E-state index in [0.29, 0.717) is 17.9 Å². The Morgan fingerprint density at radius 1 is 1.45 bits per heavy atom. The van der Waals surface area contributed by atoms with Crippen molar-refractivity contribution in [1.82, 2.24) is 19.9 Å². The van der Waals surface area contributed by atoms with E-state index in [1.54, 1.807) is 41.6 Å². The number of nitrogens with zero attached hydrogens (tertiary/aromatic N) is 3. The number of carbonyl (C=O) groups is 1. The number of nitrogens with two attached hydrogens (primary N) is 1. The topological polar surface area (TPSA) is 85.8 Å². The number of hydrogen-bond donors (Lipinski definition) is 2. The summed E-state index contributed by atoms with van der Waals surface area (Å²) in [6, 6.07) is 3.32. The van der Waals surface area contributed by atoms with Crippen molar-refractivity contribution >= 4 is 30.7 Å². The Hall–Kier alpha value is -1.63. The molecule has 0 fully saturated rings. The van der Waals surface area contributed by atoms with Crippen LogP contribution in [0.2, 0.25) is 0 Å². The average molecular weight is 318 g/mol. The molecule has 0 aliphatic heterocycles. The molecule has 0 aliphatic carbocycles. The minimum Gasteiger partial charge on any atom is -0.348 e. The van der Waals surface area contributed by atoms with Gasteiger partial charge >= 0.3 is 0 Å². The van der Waals surface area contributed by atoms with E-state index >= 15 is 0 Å². The fraction of sp³-hybridized carbons (Fsp3) is 0.250. The van der Waals surface area contributed by atoms with E-state index in [4.69, 9.17) is 5.73 Å². The predicted octanol–water partition coefficient (Wildman–Crippen LogP) is 1.19. The minimum absolute atomic E-state index is 0. The van der Waals surface area contributed by atoms with Gasteiger partial charge in [0.15, 0.2) is 0 Å². The van der Waals surface area contributed by atoms with Gasteiger partial charge in [0.05, 0.1) is 0 Å². The van der Waals surface area contributed by atoms with Crippen LogP contribution in [0, 0.1) is 0 Å². The first-order chi connectivity index (χ1) is 8.70. The second-order valence-electron chi connectivity index (χ2n) is 3.98. The van der Waals surface area contributed by atoms with Crippen molar-refractivity contribution in [3.05, 3.63) is 42.6 Å². The molecule has 0 unspecified atom stereocenters. The van der Waals surface area contributed by atoms with Crippen LogP contribution in [0.5, 0.6) is 0 Å². The van der Waals surface area contributed by atoms with Gasteiger partial charge < -0.3 is 11.1 Å². The Morgan fingerprint density at radius 3 is 2.80 bits per heavy atom. The lowest BCUT2D eigenvalue weighted by Gasteiger charge is -2.11. The standard InChI is InChI=1S/C12H15N5O.2ClH/c1-9(7-13)16-12(18)10-2-3-15-11(6-10)17-5-4-14-8-17;;/h2-6,8-9H,7,13H2,1H3,(H,16,18);2*1H/t9-;;/m0../s1. The Kier molecular flexibility index (Phi) is 7.83. The summed E-state index contributed by atoms with van der Waals surface area (Å²) in [6.07, 6.45) is 6.65. The van der Waals surface area contributed by atoms with Crippen molar-refractivity contribution in [1.29, 1.82) is 0 Å². The smallest absolute Gasteiger partial charge is 0.251 e. The summed E-state index contributed by atoms with van der Waals surface area (Å²) in [5.41, 5.74) is 6.02. The summed E-state index contributed by atoms with van der Waals surface area (Å²) < 4.78 is 1.74. The van der Waals surface area contributed by atoms with Crippen LogP contribution in [0.1, 0.15) is 17.3 Å². The molecule has 2 aromatic heterocycles. The summed E-state index contributed by atoms with van der Waals surface area (Å²) in [7, 11) is 0. The molecule has 20 heavy (non-hydrogen) atoms. The SMILES string of the molecule is C[C@@H](CN)NC(=O)c1ccnc(-n2ccnc2)c1.Cl.Cl. The van der Waals surface area contributed by atoms with Crippen LogP contribution < -0.4 is 11.1 Å². The molecule has 0 saturated carbocycles. The molecule has 0 aliphatic rings. The molecule has 0 spiro atoms. The molecule has 2 aromatic rings. The van der Waals surface area contributed by atoms with Crippen molar-refractivity contribution in [3.8, 4) is 5.82 Å². The monoisotopic (exact) mass is 317 g/mol. The summed E-state index contributed by atoms with van der Waals surface area (Å²) in [5.74, 6) is 0.497. The van der Waals surface area contributed by atoms with E-state index in [0.717, 1.165) is 0 Å². The molecule has 6 nitrogen and oxygen atoms in total. The maximum Gasteiger partial charge on any atom is 0.251 e. The molecule has 1 amide bonds. The number of aromatic nitrogens is 3. The quantitative estimate of drug-likeness (QED) is 0.886. The maximum absolute atomic E-state index is 11.9. The molecular weight excluding hydrogens is 301 g/mol. The lowest BCUT2D eigenvalue weighted by Crippen LogP contribution is -2.37. The van der Waals surface area contributed by atoms with Gasteiger partial charge in [0.25, 0.3) is 5.91 Å². The highest BCUT2D eigenvalue weighted by Gasteiger charge is 2.09. The van der Waals surface area contributed by atoms with Crippen molar-refractivity contribution in [2.24, 2.45) is 5.73 Å².